The second-order valence-corrected chi connectivity index (χ2v) is 7.62. The Morgan fingerprint density at radius 2 is 1.76 bits per heavy atom. The number of amides is 1. The molecule has 0 saturated carbocycles. The summed E-state index contributed by atoms with van der Waals surface area (Å²) in [7, 11) is 0. The molecule has 0 spiro atoms. The van der Waals surface area contributed by atoms with Gasteiger partial charge in [-0.1, -0.05) is 65.8 Å². The van der Waals surface area contributed by atoms with Crippen molar-refractivity contribution in [1.82, 2.24) is 15.4 Å². The second-order valence-electron chi connectivity index (χ2n) is 7.62. The quantitative estimate of drug-likeness (QED) is 0.725. The Labute approximate surface area is 169 Å². The summed E-state index contributed by atoms with van der Waals surface area (Å²) >= 11 is 0. The predicted molar refractivity (Wildman–Crippen MR) is 108 cm³/mol. The van der Waals surface area contributed by atoms with Gasteiger partial charge < -0.3 is 14.6 Å². The molecular formula is C23H23N3O3. The van der Waals surface area contributed by atoms with E-state index in [1.54, 1.807) is 0 Å². The number of nitrogens with zero attached hydrogens (tertiary/aromatic N) is 2. The zero-order valence-corrected chi connectivity index (χ0v) is 16.1. The summed E-state index contributed by atoms with van der Waals surface area (Å²) in [4.78, 5) is 13.7. The molecule has 0 aliphatic carbocycles. The van der Waals surface area contributed by atoms with Crippen molar-refractivity contribution in [3.05, 3.63) is 88.8 Å². The number of carbonyl (C=O) groups excluding carboxylic acids is 1. The van der Waals surface area contributed by atoms with Crippen LogP contribution in [0.15, 0.2) is 65.2 Å². The molecule has 1 saturated heterocycles. The molecule has 0 radical (unpaired) electrons. The van der Waals surface area contributed by atoms with Gasteiger partial charge in [-0.15, -0.1) is 0 Å². The highest BCUT2D eigenvalue weighted by Gasteiger charge is 2.32. The highest BCUT2D eigenvalue weighted by molar-refractivity contribution is 5.69. The molecule has 6 nitrogen and oxygen atoms in total. The third-order valence-electron chi connectivity index (χ3n) is 5.69. The van der Waals surface area contributed by atoms with Gasteiger partial charge in [0.15, 0.2) is 0 Å². The molecule has 29 heavy (non-hydrogen) atoms. The smallest absolute Gasteiger partial charge is 0.407 e. The van der Waals surface area contributed by atoms with Crippen molar-refractivity contribution in [3.8, 4) is 0 Å². The molecule has 1 fully saturated rings. The molecule has 5 rings (SSSR count). The largest absolute Gasteiger partial charge is 0.443 e. The van der Waals surface area contributed by atoms with Crippen molar-refractivity contribution in [2.45, 2.75) is 25.0 Å². The molecule has 3 heterocycles. The van der Waals surface area contributed by atoms with Gasteiger partial charge in [0.05, 0.1) is 12.5 Å². The second kappa shape index (κ2) is 7.72. The van der Waals surface area contributed by atoms with Gasteiger partial charge in [0.25, 0.3) is 0 Å². The first kappa shape index (κ1) is 17.9. The van der Waals surface area contributed by atoms with E-state index in [1.165, 1.54) is 11.1 Å². The molecule has 2 aliphatic heterocycles. The monoisotopic (exact) mass is 389 g/mol. The zero-order chi connectivity index (χ0) is 19.6. The topological polar surface area (TPSA) is 67.6 Å². The van der Waals surface area contributed by atoms with E-state index in [4.69, 9.17) is 9.26 Å². The first-order chi connectivity index (χ1) is 14.3. The normalized spacial score (nSPS) is 19.1. The van der Waals surface area contributed by atoms with Gasteiger partial charge in [-0.25, -0.2) is 4.79 Å². The number of aromatic nitrogens is 1. The van der Waals surface area contributed by atoms with E-state index in [0.29, 0.717) is 13.1 Å². The SMILES string of the molecule is O=C1NC[C@H](CN2CCc3onc(C(c4ccccc4)c4ccccc4)c3C2)O1. The number of rotatable bonds is 5. The number of benzene rings is 2. The fraction of sp³-hybridized carbons (Fsp3) is 0.304. The van der Waals surface area contributed by atoms with E-state index >= 15 is 0 Å². The number of cyclic esters (lactones) is 1. The maximum absolute atomic E-state index is 11.3. The molecule has 6 heteroatoms. The number of hydrogen-bond acceptors (Lipinski definition) is 5. The number of fused-ring (bicyclic) bond motifs is 1. The van der Waals surface area contributed by atoms with Gasteiger partial charge in [-0.3, -0.25) is 4.90 Å². The number of hydrogen-bond donors (Lipinski definition) is 1. The van der Waals surface area contributed by atoms with Crippen molar-refractivity contribution in [3.63, 3.8) is 0 Å². The van der Waals surface area contributed by atoms with Crippen LogP contribution in [-0.4, -0.2) is 41.9 Å². The first-order valence-corrected chi connectivity index (χ1v) is 10.0. The summed E-state index contributed by atoms with van der Waals surface area (Å²) in [6.07, 6.45) is 0.380. The van der Waals surface area contributed by atoms with Crippen LogP contribution in [0, 0.1) is 0 Å². The fourth-order valence-electron chi connectivity index (χ4n) is 4.29. The Balaban J connectivity index is 1.46. The lowest BCUT2D eigenvalue weighted by Crippen LogP contribution is -2.38. The third kappa shape index (κ3) is 3.63. The minimum atomic E-state index is -0.327. The average molecular weight is 389 g/mol. The standard InChI is InChI=1S/C23H23N3O3/c27-23-24-13-18(28-23)14-26-12-11-20-19(15-26)22(25-29-20)21(16-7-3-1-4-8-16)17-9-5-2-6-10-17/h1-10,18,21H,11-15H2,(H,24,27)/t18-/m1/s1. The van der Waals surface area contributed by atoms with Crippen LogP contribution < -0.4 is 5.32 Å². The van der Waals surface area contributed by atoms with Gasteiger partial charge in [-0.05, 0) is 11.1 Å². The summed E-state index contributed by atoms with van der Waals surface area (Å²) in [6.45, 7) is 2.90. The van der Waals surface area contributed by atoms with Gasteiger partial charge in [0, 0.05) is 31.6 Å². The van der Waals surface area contributed by atoms with Crippen LogP contribution in [0.2, 0.25) is 0 Å². The van der Waals surface area contributed by atoms with Crippen molar-refractivity contribution < 1.29 is 14.1 Å². The molecule has 2 aromatic carbocycles. The fourth-order valence-corrected chi connectivity index (χ4v) is 4.29. The predicted octanol–water partition coefficient (Wildman–Crippen LogP) is 3.32. The Hall–Kier alpha value is -3.12. The molecule has 1 atom stereocenters. The van der Waals surface area contributed by atoms with Crippen LogP contribution in [0.4, 0.5) is 4.79 Å². The number of nitrogens with one attached hydrogen (secondary N) is 1. The summed E-state index contributed by atoms with van der Waals surface area (Å²) in [5.41, 5.74) is 4.52. The molecule has 1 aromatic heterocycles. The number of carbonyl (C=O) groups is 1. The van der Waals surface area contributed by atoms with E-state index in [0.717, 1.165) is 36.5 Å². The van der Waals surface area contributed by atoms with Gasteiger partial charge in [0.2, 0.25) is 0 Å². The lowest BCUT2D eigenvalue weighted by molar-refractivity contribution is 0.102. The third-order valence-corrected chi connectivity index (χ3v) is 5.69. The van der Waals surface area contributed by atoms with Crippen molar-refractivity contribution in [2.75, 3.05) is 19.6 Å². The molecule has 3 aromatic rings. The Morgan fingerprint density at radius 1 is 1.07 bits per heavy atom. The molecule has 148 valence electrons. The highest BCUT2D eigenvalue weighted by Crippen LogP contribution is 2.36. The van der Waals surface area contributed by atoms with E-state index in [9.17, 15) is 4.79 Å². The van der Waals surface area contributed by atoms with Crippen LogP contribution in [-0.2, 0) is 17.7 Å². The van der Waals surface area contributed by atoms with Gasteiger partial charge >= 0.3 is 6.09 Å². The number of alkyl carbamates (subject to hydrolysis) is 1. The first-order valence-electron chi connectivity index (χ1n) is 10.0. The molecule has 0 unspecified atom stereocenters. The zero-order valence-electron chi connectivity index (χ0n) is 16.1. The van der Waals surface area contributed by atoms with Crippen LogP contribution in [0.3, 0.4) is 0 Å². The maximum atomic E-state index is 11.3. The highest BCUT2D eigenvalue weighted by atomic mass is 16.6. The van der Waals surface area contributed by atoms with E-state index in [-0.39, 0.29) is 18.1 Å². The summed E-state index contributed by atoms with van der Waals surface area (Å²) in [6, 6.07) is 20.9. The Morgan fingerprint density at radius 3 is 2.38 bits per heavy atom. The molecular weight excluding hydrogens is 366 g/mol. The van der Waals surface area contributed by atoms with Crippen LogP contribution in [0.5, 0.6) is 0 Å². The van der Waals surface area contributed by atoms with Crippen molar-refractivity contribution in [1.29, 1.82) is 0 Å². The van der Waals surface area contributed by atoms with Crippen LogP contribution in [0.25, 0.3) is 0 Å². The summed E-state index contributed by atoms with van der Waals surface area (Å²) < 4.78 is 11.1. The summed E-state index contributed by atoms with van der Waals surface area (Å²) in [5.74, 6) is 0.991. The molecule has 2 aliphatic rings. The van der Waals surface area contributed by atoms with E-state index < -0.39 is 0 Å². The minimum absolute atomic E-state index is 0.0239. The van der Waals surface area contributed by atoms with Gasteiger partial charge in [-0.2, -0.15) is 0 Å². The Kier molecular flexibility index (Phi) is 4.77. The molecule has 1 N–H and O–H groups in total. The lowest BCUT2D eigenvalue weighted by atomic mass is 9.85. The van der Waals surface area contributed by atoms with Crippen molar-refractivity contribution >= 4 is 6.09 Å². The Bertz CT molecular complexity index is 948. The van der Waals surface area contributed by atoms with Crippen LogP contribution >= 0.6 is 0 Å². The molecule has 1 amide bonds. The molecule has 0 bridgehead atoms. The maximum Gasteiger partial charge on any atom is 0.407 e. The number of ether oxygens (including phenoxy) is 1. The van der Waals surface area contributed by atoms with Crippen molar-refractivity contribution in [2.24, 2.45) is 0 Å². The summed E-state index contributed by atoms with van der Waals surface area (Å²) in [5, 5.41) is 7.26. The van der Waals surface area contributed by atoms with E-state index in [1.807, 2.05) is 12.1 Å². The minimum Gasteiger partial charge on any atom is -0.443 e. The lowest BCUT2D eigenvalue weighted by Gasteiger charge is -2.28. The van der Waals surface area contributed by atoms with Gasteiger partial charge in [0.1, 0.15) is 17.6 Å². The van der Waals surface area contributed by atoms with E-state index in [2.05, 4.69) is 63.9 Å². The average Bonchev–Trinajstić information content (AvgIpc) is 3.36. The van der Waals surface area contributed by atoms with Crippen LogP contribution in [0.1, 0.15) is 34.1 Å².